The van der Waals surface area contributed by atoms with Gasteiger partial charge in [-0.1, -0.05) is 30.4 Å². The second kappa shape index (κ2) is 11.6. The Labute approximate surface area is 193 Å². The summed E-state index contributed by atoms with van der Waals surface area (Å²) in [6, 6.07) is 16.3. The van der Waals surface area contributed by atoms with E-state index in [0.717, 1.165) is 11.1 Å². The van der Waals surface area contributed by atoms with Crippen LogP contribution in [0.3, 0.4) is 0 Å². The van der Waals surface area contributed by atoms with Gasteiger partial charge in [-0.3, -0.25) is 9.59 Å². The monoisotopic (exact) mass is 448 g/mol. The Morgan fingerprint density at radius 3 is 2.48 bits per heavy atom. The van der Waals surface area contributed by atoms with Crippen LogP contribution in [0.5, 0.6) is 11.5 Å². The first-order valence-electron chi connectivity index (χ1n) is 10.6. The molecule has 7 nitrogen and oxygen atoms in total. The SMILES string of the molecule is C/C=C/c1ccc(OCC(=O)N(Cc2ccc(C(=O)NC)cc2)Cc2ccco2)c(OC)c1. The number of allylic oxidation sites excluding steroid dienone is 1. The van der Waals surface area contributed by atoms with Crippen LogP contribution in [0.15, 0.2) is 71.4 Å². The molecule has 0 atom stereocenters. The van der Waals surface area contributed by atoms with Crippen LogP contribution in [0, 0.1) is 0 Å². The van der Waals surface area contributed by atoms with Gasteiger partial charge in [-0.25, -0.2) is 0 Å². The number of amides is 2. The van der Waals surface area contributed by atoms with Crippen LogP contribution in [0.1, 0.15) is 34.2 Å². The molecule has 0 saturated heterocycles. The summed E-state index contributed by atoms with van der Waals surface area (Å²) >= 11 is 0. The van der Waals surface area contributed by atoms with Crippen LogP contribution >= 0.6 is 0 Å². The van der Waals surface area contributed by atoms with Crippen molar-refractivity contribution in [1.82, 2.24) is 10.2 Å². The summed E-state index contributed by atoms with van der Waals surface area (Å²) in [5, 5.41) is 2.60. The number of furan rings is 1. The van der Waals surface area contributed by atoms with E-state index in [0.29, 0.717) is 35.9 Å². The molecule has 1 aromatic heterocycles. The predicted octanol–water partition coefficient (Wildman–Crippen LogP) is 4.29. The number of ether oxygens (including phenoxy) is 2. The fourth-order valence-corrected chi connectivity index (χ4v) is 3.28. The number of rotatable bonds is 10. The molecule has 0 bridgehead atoms. The van der Waals surface area contributed by atoms with Gasteiger partial charge in [-0.2, -0.15) is 0 Å². The predicted molar refractivity (Wildman–Crippen MR) is 126 cm³/mol. The maximum atomic E-state index is 13.1. The average Bonchev–Trinajstić information content (AvgIpc) is 3.36. The zero-order valence-corrected chi connectivity index (χ0v) is 19.0. The van der Waals surface area contributed by atoms with Crippen LogP contribution in [-0.2, 0) is 17.9 Å². The molecule has 0 unspecified atom stereocenters. The highest BCUT2D eigenvalue weighted by Gasteiger charge is 2.18. The van der Waals surface area contributed by atoms with E-state index in [1.54, 1.807) is 49.6 Å². The summed E-state index contributed by atoms with van der Waals surface area (Å²) < 4.78 is 16.7. The minimum atomic E-state index is -0.207. The minimum Gasteiger partial charge on any atom is -0.493 e. The van der Waals surface area contributed by atoms with Crippen molar-refractivity contribution in [2.45, 2.75) is 20.0 Å². The zero-order chi connectivity index (χ0) is 23.6. The highest BCUT2D eigenvalue weighted by molar-refractivity contribution is 5.93. The molecule has 1 heterocycles. The summed E-state index contributed by atoms with van der Waals surface area (Å²) in [5.74, 6) is 1.35. The fraction of sp³-hybridized carbons (Fsp3) is 0.231. The fourth-order valence-electron chi connectivity index (χ4n) is 3.28. The molecular formula is C26H28N2O5. The normalized spacial score (nSPS) is 10.8. The van der Waals surface area contributed by atoms with Crippen molar-refractivity contribution in [3.63, 3.8) is 0 Å². The van der Waals surface area contributed by atoms with Gasteiger partial charge < -0.3 is 24.1 Å². The molecule has 2 amide bonds. The van der Waals surface area contributed by atoms with Crippen LogP contribution in [0.2, 0.25) is 0 Å². The number of hydrogen-bond donors (Lipinski definition) is 1. The molecule has 0 saturated carbocycles. The Morgan fingerprint density at radius 2 is 1.85 bits per heavy atom. The van der Waals surface area contributed by atoms with Crippen molar-refractivity contribution >= 4 is 17.9 Å². The quantitative estimate of drug-likeness (QED) is 0.501. The summed E-state index contributed by atoms with van der Waals surface area (Å²) in [7, 11) is 3.15. The summed E-state index contributed by atoms with van der Waals surface area (Å²) in [6.07, 6.45) is 5.47. The lowest BCUT2D eigenvalue weighted by molar-refractivity contribution is -0.134. The van der Waals surface area contributed by atoms with Crippen molar-refractivity contribution in [3.8, 4) is 11.5 Å². The second-order valence-electron chi connectivity index (χ2n) is 7.30. The first-order chi connectivity index (χ1) is 16.0. The van der Waals surface area contributed by atoms with Gasteiger partial charge in [0.05, 0.1) is 19.9 Å². The van der Waals surface area contributed by atoms with E-state index >= 15 is 0 Å². The van der Waals surface area contributed by atoms with Crippen molar-refractivity contribution < 1.29 is 23.5 Å². The van der Waals surface area contributed by atoms with E-state index in [9.17, 15) is 9.59 Å². The van der Waals surface area contributed by atoms with E-state index < -0.39 is 0 Å². The average molecular weight is 449 g/mol. The number of hydrogen-bond acceptors (Lipinski definition) is 5. The van der Waals surface area contributed by atoms with Crippen molar-refractivity contribution in [3.05, 3.63) is 89.4 Å². The Morgan fingerprint density at radius 1 is 1.06 bits per heavy atom. The number of carbonyl (C=O) groups excluding carboxylic acids is 2. The second-order valence-corrected chi connectivity index (χ2v) is 7.30. The third-order valence-corrected chi connectivity index (χ3v) is 4.99. The van der Waals surface area contributed by atoms with E-state index in [1.165, 1.54) is 0 Å². The molecule has 0 aliphatic heterocycles. The van der Waals surface area contributed by atoms with Gasteiger partial charge in [0.25, 0.3) is 11.8 Å². The standard InChI is InChI=1S/C26H28N2O5/c1-4-6-19-10-13-23(24(15-19)31-3)33-18-25(29)28(17-22-7-5-14-32-22)16-20-8-11-21(12-9-20)26(30)27-2/h4-15H,16-18H2,1-3H3,(H,27,30)/b6-4+. The van der Waals surface area contributed by atoms with Crippen LogP contribution < -0.4 is 14.8 Å². The van der Waals surface area contributed by atoms with Gasteiger partial charge in [-0.15, -0.1) is 0 Å². The van der Waals surface area contributed by atoms with Crippen molar-refractivity contribution in [1.29, 1.82) is 0 Å². The number of benzene rings is 2. The molecule has 7 heteroatoms. The number of carbonyl (C=O) groups is 2. The number of nitrogens with one attached hydrogen (secondary N) is 1. The van der Waals surface area contributed by atoms with E-state index in [2.05, 4.69) is 5.32 Å². The maximum absolute atomic E-state index is 13.1. The van der Waals surface area contributed by atoms with Crippen molar-refractivity contribution in [2.75, 3.05) is 20.8 Å². The molecule has 172 valence electrons. The first kappa shape index (κ1) is 23.7. The summed E-state index contributed by atoms with van der Waals surface area (Å²) in [4.78, 5) is 26.5. The van der Waals surface area contributed by atoms with Gasteiger partial charge >= 0.3 is 0 Å². The van der Waals surface area contributed by atoms with Gasteiger partial charge in [0, 0.05) is 19.2 Å². The molecule has 3 rings (SSSR count). The molecule has 0 radical (unpaired) electrons. The molecule has 3 aromatic rings. The largest absolute Gasteiger partial charge is 0.493 e. The lowest BCUT2D eigenvalue weighted by Crippen LogP contribution is -2.34. The van der Waals surface area contributed by atoms with Crippen LogP contribution in [-0.4, -0.2) is 37.5 Å². The number of methoxy groups -OCH3 is 1. The Bertz CT molecular complexity index is 1090. The Kier molecular flexibility index (Phi) is 8.30. The zero-order valence-electron chi connectivity index (χ0n) is 19.0. The van der Waals surface area contributed by atoms with E-state index in [4.69, 9.17) is 13.9 Å². The maximum Gasteiger partial charge on any atom is 0.261 e. The molecule has 2 aromatic carbocycles. The summed E-state index contributed by atoms with van der Waals surface area (Å²) in [6.45, 7) is 2.42. The number of nitrogens with zero attached hydrogens (tertiary/aromatic N) is 1. The van der Waals surface area contributed by atoms with Crippen LogP contribution in [0.4, 0.5) is 0 Å². The molecular weight excluding hydrogens is 420 g/mol. The van der Waals surface area contributed by atoms with E-state index in [-0.39, 0.29) is 18.4 Å². The molecule has 0 spiro atoms. The lowest BCUT2D eigenvalue weighted by Gasteiger charge is -2.22. The van der Waals surface area contributed by atoms with Gasteiger partial charge in [-0.05, 0) is 54.4 Å². The van der Waals surface area contributed by atoms with Gasteiger partial charge in [0.2, 0.25) is 0 Å². The lowest BCUT2D eigenvalue weighted by atomic mass is 10.1. The molecule has 0 fully saturated rings. The summed E-state index contributed by atoms with van der Waals surface area (Å²) in [5.41, 5.74) is 2.42. The highest BCUT2D eigenvalue weighted by Crippen LogP contribution is 2.28. The third kappa shape index (κ3) is 6.49. The van der Waals surface area contributed by atoms with E-state index in [1.807, 2.05) is 49.4 Å². The van der Waals surface area contributed by atoms with Gasteiger partial charge in [0.15, 0.2) is 18.1 Å². The topological polar surface area (TPSA) is 81.0 Å². The van der Waals surface area contributed by atoms with Crippen molar-refractivity contribution in [2.24, 2.45) is 0 Å². The van der Waals surface area contributed by atoms with Crippen LogP contribution in [0.25, 0.3) is 6.08 Å². The molecule has 0 aliphatic rings. The Balaban J connectivity index is 1.72. The molecule has 0 aliphatic carbocycles. The Hall–Kier alpha value is -4.00. The molecule has 1 N–H and O–H groups in total. The first-order valence-corrected chi connectivity index (χ1v) is 10.6. The smallest absolute Gasteiger partial charge is 0.261 e. The molecule has 33 heavy (non-hydrogen) atoms. The van der Waals surface area contributed by atoms with Gasteiger partial charge in [0.1, 0.15) is 5.76 Å². The third-order valence-electron chi connectivity index (χ3n) is 4.99. The highest BCUT2D eigenvalue weighted by atomic mass is 16.5. The minimum absolute atomic E-state index is 0.156.